The minimum Gasteiger partial charge on any atom is -0.345 e. The Morgan fingerprint density at radius 2 is 1.62 bits per heavy atom. The highest BCUT2D eigenvalue weighted by molar-refractivity contribution is 7.90. The first-order valence-electron chi connectivity index (χ1n) is 24.7. The summed E-state index contributed by atoms with van der Waals surface area (Å²) in [4.78, 5) is 76.4. The maximum absolute atomic E-state index is 15.4. The SMILES string of the molecule is [2H]C([2H])([2H])C([2H])(C)N1CCCC[C@H]1C(=O)N[C@H](C(=O)C[C@H](C(=O)N1C[C@]2(C[C@H]1C(=O)C[C@]1(C(=O)NS(=O)(=O)C3([2H])CC3)C[C@H]1C=C)C(C)(C)C21CCC1)C(C)(C)C)C1CCCCC1. The van der Waals surface area contributed by atoms with Crippen molar-refractivity contribution in [3.8, 4) is 0 Å². The van der Waals surface area contributed by atoms with Crippen LogP contribution >= 0.6 is 0 Å². The van der Waals surface area contributed by atoms with E-state index >= 15 is 4.79 Å². The highest BCUT2D eigenvalue weighted by Gasteiger charge is 2.85. The third-order valence-corrected chi connectivity index (χ3v) is 18.3. The average molecular weight is 830 g/mol. The van der Waals surface area contributed by atoms with Crippen LogP contribution in [-0.2, 0) is 34.0 Å². The fourth-order valence-corrected chi connectivity index (χ4v) is 13.7. The van der Waals surface area contributed by atoms with Crippen LogP contribution in [0.4, 0.5) is 0 Å². The van der Waals surface area contributed by atoms with Crippen molar-refractivity contribution in [1.82, 2.24) is 19.8 Å². The Hall–Kier alpha value is -2.60. The van der Waals surface area contributed by atoms with Gasteiger partial charge in [-0.25, -0.2) is 8.42 Å². The number of fused-ring (bicyclic) bond motifs is 1. The van der Waals surface area contributed by atoms with E-state index < -0.39 is 80.7 Å². The second-order valence-electron chi connectivity index (χ2n) is 20.9. The van der Waals surface area contributed by atoms with Crippen LogP contribution in [0.3, 0.4) is 0 Å². The minimum absolute atomic E-state index is 0.0439. The van der Waals surface area contributed by atoms with Gasteiger partial charge in [0.2, 0.25) is 27.7 Å². The van der Waals surface area contributed by atoms with Gasteiger partial charge in [-0.3, -0.25) is 33.6 Å². The first kappa shape index (κ1) is 37.2. The zero-order valence-corrected chi connectivity index (χ0v) is 36.7. The van der Waals surface area contributed by atoms with Crippen LogP contribution in [0.5, 0.6) is 0 Å². The lowest BCUT2D eigenvalue weighted by Gasteiger charge is -2.40. The number of piperidine rings is 1. The summed E-state index contributed by atoms with van der Waals surface area (Å²) >= 11 is 0. The number of sulfonamides is 1. The van der Waals surface area contributed by atoms with E-state index in [1.807, 2.05) is 20.8 Å². The third kappa shape index (κ3) is 7.33. The molecule has 0 bridgehead atoms. The number of hydrogen-bond donors (Lipinski definition) is 2. The van der Waals surface area contributed by atoms with Gasteiger partial charge in [-0.05, 0) is 113 Å². The Balaban J connectivity index is 1.16. The van der Waals surface area contributed by atoms with Gasteiger partial charge in [-0.1, -0.05) is 72.8 Å². The van der Waals surface area contributed by atoms with Gasteiger partial charge in [-0.15, -0.1) is 6.58 Å². The maximum atomic E-state index is 15.4. The minimum atomic E-state index is -4.29. The van der Waals surface area contributed by atoms with Crippen molar-refractivity contribution in [2.75, 3.05) is 13.1 Å². The van der Waals surface area contributed by atoms with E-state index in [0.717, 1.165) is 38.5 Å². The van der Waals surface area contributed by atoms with E-state index in [9.17, 15) is 27.6 Å². The molecule has 11 nitrogen and oxygen atoms in total. The highest BCUT2D eigenvalue weighted by Crippen LogP contribution is 2.88. The average Bonchev–Trinajstić information content (AvgIpc) is 4.12. The summed E-state index contributed by atoms with van der Waals surface area (Å²) in [6.45, 7) is 13.2. The summed E-state index contributed by atoms with van der Waals surface area (Å²) in [5, 5.41) is 1.30. The van der Waals surface area contributed by atoms with E-state index in [0.29, 0.717) is 45.1 Å². The van der Waals surface area contributed by atoms with Crippen molar-refractivity contribution >= 4 is 39.3 Å². The van der Waals surface area contributed by atoms with E-state index in [2.05, 4.69) is 30.5 Å². The summed E-state index contributed by atoms with van der Waals surface area (Å²) in [6, 6.07) is -4.76. The van der Waals surface area contributed by atoms with Crippen molar-refractivity contribution < 1.29 is 39.2 Å². The lowest BCUT2D eigenvalue weighted by atomic mass is 9.73. The van der Waals surface area contributed by atoms with Gasteiger partial charge >= 0.3 is 0 Å². The molecule has 2 spiro atoms. The Morgan fingerprint density at radius 1 is 0.948 bits per heavy atom. The number of rotatable bonds is 15. The molecule has 0 aromatic rings. The van der Waals surface area contributed by atoms with Crippen molar-refractivity contribution in [2.45, 2.75) is 187 Å². The van der Waals surface area contributed by atoms with Crippen LogP contribution in [0.25, 0.3) is 0 Å². The summed E-state index contributed by atoms with van der Waals surface area (Å²) < 4.78 is 69.5. The van der Waals surface area contributed by atoms with Gasteiger partial charge < -0.3 is 10.2 Å². The predicted molar refractivity (Wildman–Crippen MR) is 224 cm³/mol. The molecule has 5 saturated carbocycles. The van der Waals surface area contributed by atoms with Crippen molar-refractivity contribution in [3.63, 3.8) is 0 Å². The molecule has 0 radical (unpaired) electrons. The zero-order chi connectivity index (χ0) is 46.6. The van der Waals surface area contributed by atoms with E-state index in [4.69, 9.17) is 6.85 Å². The van der Waals surface area contributed by atoms with Crippen molar-refractivity contribution in [2.24, 2.45) is 44.8 Å². The summed E-state index contributed by atoms with van der Waals surface area (Å²) in [6.07, 6.45) is 10.8. The topological polar surface area (TPSA) is 150 Å². The molecule has 324 valence electrons. The van der Waals surface area contributed by atoms with Crippen LogP contribution in [0.15, 0.2) is 12.7 Å². The van der Waals surface area contributed by atoms with E-state index in [1.54, 1.807) is 11.0 Å². The molecule has 2 N–H and O–H groups in total. The molecule has 2 saturated heterocycles. The summed E-state index contributed by atoms with van der Waals surface area (Å²) in [5.74, 6) is -3.77. The molecule has 12 heteroatoms. The maximum Gasteiger partial charge on any atom is 0.240 e. The van der Waals surface area contributed by atoms with Crippen molar-refractivity contribution in [3.05, 3.63) is 12.7 Å². The van der Waals surface area contributed by atoms with Crippen LogP contribution in [-0.4, -0.2) is 90.0 Å². The van der Waals surface area contributed by atoms with Crippen LogP contribution in [0.1, 0.15) is 164 Å². The van der Waals surface area contributed by atoms with Gasteiger partial charge in [0.05, 0.1) is 28.8 Å². The molecule has 58 heavy (non-hydrogen) atoms. The second-order valence-corrected chi connectivity index (χ2v) is 22.7. The number of likely N-dealkylation sites (tertiary alicyclic amines) is 2. The lowest BCUT2D eigenvalue weighted by molar-refractivity contribution is -0.147. The first-order valence-corrected chi connectivity index (χ1v) is 23.7. The lowest BCUT2D eigenvalue weighted by Crippen LogP contribution is -2.57. The van der Waals surface area contributed by atoms with Crippen LogP contribution in [0, 0.1) is 44.8 Å². The molecular formula is C46H72N4O7S. The molecule has 2 heterocycles. The molecule has 0 aromatic carbocycles. The smallest absolute Gasteiger partial charge is 0.240 e. The third-order valence-electron chi connectivity index (χ3n) is 16.6. The van der Waals surface area contributed by atoms with Gasteiger partial charge in [0, 0.05) is 43.6 Å². The number of nitrogens with zero attached hydrogens (tertiary/aromatic N) is 2. The molecule has 2 aliphatic heterocycles. The number of ketones is 2. The largest absolute Gasteiger partial charge is 0.345 e. The predicted octanol–water partition coefficient (Wildman–Crippen LogP) is 6.49. The van der Waals surface area contributed by atoms with E-state index in [-0.39, 0.29) is 78.3 Å². The molecule has 8 atom stereocenters. The number of amides is 3. The number of hydrogen-bond acceptors (Lipinski definition) is 8. The standard InChI is InChI=1S/C46H72N4O7S/c1-9-31-25-44(31,41(55)48-58(56,57)32-19-20-32)27-37(52)35-26-46(43(7,8)45(46)21-15-22-45)28-50(35)40(54)33(42(4,5)6)24-36(51)38(30-16-11-10-12-17-30)47-39(53)34-18-13-14-23-49(34)29(2)3/h9,29-35,38H,1,10-28H2,2-8H3,(H,47,53)(H,48,55)/t31-,33-,34+,35+,38+,44-,46-/m1/s1/i2D3,29D,32D/t29?,31-,33-,34+,35+,38+,44-,46-. The zero-order valence-electron chi connectivity index (χ0n) is 40.8. The van der Waals surface area contributed by atoms with E-state index in [1.165, 1.54) is 11.8 Å². The van der Waals surface area contributed by atoms with Gasteiger partial charge in [0.15, 0.2) is 11.6 Å². The van der Waals surface area contributed by atoms with Gasteiger partial charge in [0.1, 0.15) is 0 Å². The summed E-state index contributed by atoms with van der Waals surface area (Å²) in [7, 11) is -4.29. The summed E-state index contributed by atoms with van der Waals surface area (Å²) in [5.41, 5.74) is -2.69. The molecule has 7 rings (SSSR count). The normalized spacial score (nSPS) is 36.0. The highest BCUT2D eigenvalue weighted by atomic mass is 32.2. The molecule has 5 aliphatic carbocycles. The molecular weight excluding hydrogens is 753 g/mol. The Morgan fingerprint density at radius 3 is 2.17 bits per heavy atom. The molecule has 7 aliphatic rings. The fraction of sp³-hybridized carbons (Fsp3) is 0.848. The number of carbonyl (C=O) groups is 5. The molecule has 1 unspecified atom stereocenters. The number of Topliss-reactive ketones (excluding diaryl/α,β-unsaturated/α-hetero) is 2. The monoisotopic (exact) mass is 830 g/mol. The number of allylic oxidation sites excluding steroid dienone is 1. The van der Waals surface area contributed by atoms with Crippen molar-refractivity contribution in [1.29, 1.82) is 0 Å². The Labute approximate surface area is 355 Å². The number of carbonyl (C=O) groups excluding carboxylic acids is 5. The van der Waals surface area contributed by atoms with Crippen LogP contribution < -0.4 is 10.0 Å². The van der Waals surface area contributed by atoms with Gasteiger partial charge in [0.25, 0.3) is 0 Å². The molecule has 7 fully saturated rings. The number of nitrogens with one attached hydrogen (secondary N) is 2. The van der Waals surface area contributed by atoms with Gasteiger partial charge in [-0.2, -0.15) is 0 Å². The Bertz CT molecular complexity index is 2000. The molecule has 3 amide bonds. The molecule has 0 aromatic heterocycles. The Kier molecular flexibility index (Phi) is 9.87. The quantitative estimate of drug-likeness (QED) is 0.178. The van der Waals surface area contributed by atoms with Crippen LogP contribution in [0.2, 0.25) is 0 Å². The fourth-order valence-electron chi connectivity index (χ4n) is 12.4. The second kappa shape index (κ2) is 15.4. The first-order chi connectivity index (χ1) is 29.1.